The second kappa shape index (κ2) is 8.80. The summed E-state index contributed by atoms with van der Waals surface area (Å²) in [6.45, 7) is 3.03. The normalized spacial score (nSPS) is 25.5. The van der Waals surface area contributed by atoms with Crippen LogP contribution >= 0.6 is 12.4 Å². The molecule has 112 valence electrons. The largest absolute Gasteiger partial charge is 0.342 e. The molecule has 1 aliphatic carbocycles. The van der Waals surface area contributed by atoms with E-state index in [0.29, 0.717) is 17.7 Å². The number of nitrogens with zero attached hydrogens (tertiary/aromatic N) is 1. The molecular weight excluding hydrogens is 260 g/mol. The van der Waals surface area contributed by atoms with Crippen molar-refractivity contribution in [1.29, 1.82) is 0 Å². The lowest BCUT2D eigenvalue weighted by Gasteiger charge is -2.35. The van der Waals surface area contributed by atoms with Gasteiger partial charge in [-0.25, -0.2) is 0 Å². The van der Waals surface area contributed by atoms with Crippen LogP contribution in [0.1, 0.15) is 51.4 Å². The number of carbonyl (C=O) groups is 1. The van der Waals surface area contributed by atoms with Crippen LogP contribution in [0.15, 0.2) is 0 Å². The SMILES string of the molecule is CNCC1CCCN(C(=O)C2CCCCCC2)C1.Cl. The molecule has 0 aromatic rings. The van der Waals surface area contributed by atoms with Gasteiger partial charge >= 0.3 is 0 Å². The van der Waals surface area contributed by atoms with Crippen LogP contribution in [-0.4, -0.2) is 37.5 Å². The maximum atomic E-state index is 12.6. The number of piperidine rings is 1. The van der Waals surface area contributed by atoms with Gasteiger partial charge in [-0.2, -0.15) is 0 Å². The number of halogens is 1. The maximum Gasteiger partial charge on any atom is 0.225 e. The monoisotopic (exact) mass is 288 g/mol. The molecule has 1 saturated carbocycles. The molecule has 1 N–H and O–H groups in total. The number of amides is 1. The molecule has 0 aromatic carbocycles. The van der Waals surface area contributed by atoms with Crippen LogP contribution in [0.2, 0.25) is 0 Å². The van der Waals surface area contributed by atoms with E-state index < -0.39 is 0 Å². The van der Waals surface area contributed by atoms with E-state index in [9.17, 15) is 4.79 Å². The summed E-state index contributed by atoms with van der Waals surface area (Å²) < 4.78 is 0. The minimum absolute atomic E-state index is 0. The minimum atomic E-state index is 0. The lowest BCUT2D eigenvalue weighted by atomic mass is 9.94. The van der Waals surface area contributed by atoms with Gasteiger partial charge in [0.05, 0.1) is 0 Å². The number of hydrogen-bond donors (Lipinski definition) is 1. The van der Waals surface area contributed by atoms with E-state index in [0.717, 1.165) is 32.5 Å². The smallest absolute Gasteiger partial charge is 0.225 e. The molecule has 2 fully saturated rings. The number of rotatable bonds is 3. The van der Waals surface area contributed by atoms with Crippen molar-refractivity contribution in [2.75, 3.05) is 26.7 Å². The standard InChI is InChI=1S/C15H28N2O.ClH/c1-16-11-13-7-6-10-17(12-13)15(18)14-8-4-2-3-5-9-14;/h13-14,16H,2-12H2,1H3;1H. The Labute approximate surface area is 123 Å². The minimum Gasteiger partial charge on any atom is -0.342 e. The van der Waals surface area contributed by atoms with Crippen molar-refractivity contribution in [2.45, 2.75) is 51.4 Å². The highest BCUT2D eigenvalue weighted by Crippen LogP contribution is 2.26. The Morgan fingerprint density at radius 2 is 1.79 bits per heavy atom. The molecule has 1 amide bonds. The lowest BCUT2D eigenvalue weighted by molar-refractivity contribution is -0.137. The molecular formula is C15H29ClN2O. The van der Waals surface area contributed by atoms with Crippen LogP contribution in [0.5, 0.6) is 0 Å². The summed E-state index contributed by atoms with van der Waals surface area (Å²) >= 11 is 0. The lowest BCUT2D eigenvalue weighted by Crippen LogP contribution is -2.44. The fraction of sp³-hybridized carbons (Fsp3) is 0.933. The maximum absolute atomic E-state index is 12.6. The summed E-state index contributed by atoms with van der Waals surface area (Å²) in [5, 5.41) is 3.25. The first-order valence-electron chi connectivity index (χ1n) is 7.74. The number of nitrogens with one attached hydrogen (secondary N) is 1. The Morgan fingerprint density at radius 1 is 1.11 bits per heavy atom. The fourth-order valence-corrected chi connectivity index (χ4v) is 3.51. The van der Waals surface area contributed by atoms with E-state index in [1.807, 2.05) is 7.05 Å². The first kappa shape index (κ1) is 16.8. The molecule has 1 aliphatic heterocycles. The van der Waals surface area contributed by atoms with Crippen LogP contribution in [0.25, 0.3) is 0 Å². The van der Waals surface area contributed by atoms with Crippen molar-refractivity contribution < 1.29 is 4.79 Å². The first-order chi connectivity index (χ1) is 8.81. The van der Waals surface area contributed by atoms with E-state index in [4.69, 9.17) is 0 Å². The van der Waals surface area contributed by atoms with Gasteiger partial charge in [0.15, 0.2) is 0 Å². The average molecular weight is 289 g/mol. The Morgan fingerprint density at radius 3 is 2.42 bits per heavy atom. The predicted octanol–water partition coefficient (Wildman–Crippen LogP) is 2.84. The zero-order valence-electron chi connectivity index (χ0n) is 12.2. The number of hydrogen-bond acceptors (Lipinski definition) is 2. The molecule has 4 heteroatoms. The quantitative estimate of drug-likeness (QED) is 0.810. The van der Waals surface area contributed by atoms with Crippen LogP contribution in [0.4, 0.5) is 0 Å². The highest BCUT2D eigenvalue weighted by atomic mass is 35.5. The molecule has 1 heterocycles. The molecule has 0 bridgehead atoms. The van der Waals surface area contributed by atoms with Crippen molar-refractivity contribution in [3.8, 4) is 0 Å². The first-order valence-corrected chi connectivity index (χ1v) is 7.74. The van der Waals surface area contributed by atoms with E-state index in [-0.39, 0.29) is 12.4 Å². The van der Waals surface area contributed by atoms with Gasteiger partial charge in [0, 0.05) is 19.0 Å². The third kappa shape index (κ3) is 4.96. The average Bonchev–Trinajstić information content (AvgIpc) is 2.67. The number of likely N-dealkylation sites (tertiary alicyclic amines) is 1. The van der Waals surface area contributed by atoms with E-state index in [1.165, 1.54) is 38.5 Å². The molecule has 0 aromatic heterocycles. The second-order valence-electron chi connectivity index (χ2n) is 6.04. The highest BCUT2D eigenvalue weighted by molar-refractivity contribution is 5.85. The zero-order chi connectivity index (χ0) is 12.8. The number of carbonyl (C=O) groups excluding carboxylic acids is 1. The second-order valence-corrected chi connectivity index (χ2v) is 6.04. The third-order valence-electron chi connectivity index (χ3n) is 4.53. The Bertz CT molecular complexity index is 263. The summed E-state index contributed by atoms with van der Waals surface area (Å²) in [7, 11) is 2.01. The van der Waals surface area contributed by atoms with Gasteiger partial charge < -0.3 is 10.2 Å². The molecule has 2 rings (SSSR count). The van der Waals surface area contributed by atoms with Crippen LogP contribution in [0, 0.1) is 11.8 Å². The molecule has 1 unspecified atom stereocenters. The zero-order valence-corrected chi connectivity index (χ0v) is 13.0. The van der Waals surface area contributed by atoms with Gasteiger partial charge in [-0.15, -0.1) is 12.4 Å². The third-order valence-corrected chi connectivity index (χ3v) is 4.53. The summed E-state index contributed by atoms with van der Waals surface area (Å²) in [6.07, 6.45) is 9.88. The Kier molecular flexibility index (Phi) is 7.77. The fourth-order valence-electron chi connectivity index (χ4n) is 3.51. The molecule has 0 radical (unpaired) electrons. The molecule has 3 nitrogen and oxygen atoms in total. The van der Waals surface area contributed by atoms with Gasteiger partial charge in [0.1, 0.15) is 0 Å². The van der Waals surface area contributed by atoms with Gasteiger partial charge in [0.25, 0.3) is 0 Å². The van der Waals surface area contributed by atoms with Crippen molar-refractivity contribution in [1.82, 2.24) is 10.2 Å². The van der Waals surface area contributed by atoms with Gasteiger partial charge in [-0.3, -0.25) is 4.79 Å². The van der Waals surface area contributed by atoms with E-state index in [1.54, 1.807) is 0 Å². The van der Waals surface area contributed by atoms with Crippen LogP contribution < -0.4 is 5.32 Å². The topological polar surface area (TPSA) is 32.3 Å². The summed E-state index contributed by atoms with van der Waals surface area (Å²) in [6, 6.07) is 0. The van der Waals surface area contributed by atoms with E-state index >= 15 is 0 Å². The van der Waals surface area contributed by atoms with E-state index in [2.05, 4.69) is 10.2 Å². The van der Waals surface area contributed by atoms with Gasteiger partial charge in [-0.1, -0.05) is 25.7 Å². The predicted molar refractivity (Wildman–Crippen MR) is 81.7 cm³/mol. The van der Waals surface area contributed by atoms with Crippen LogP contribution in [-0.2, 0) is 4.79 Å². The molecule has 2 aliphatic rings. The van der Waals surface area contributed by atoms with Gasteiger partial charge in [-0.05, 0) is 45.2 Å². The summed E-state index contributed by atoms with van der Waals surface area (Å²) in [5.41, 5.74) is 0. The van der Waals surface area contributed by atoms with Crippen molar-refractivity contribution in [2.24, 2.45) is 11.8 Å². The molecule has 1 saturated heterocycles. The Balaban J connectivity index is 0.00000180. The van der Waals surface area contributed by atoms with Crippen molar-refractivity contribution in [3.63, 3.8) is 0 Å². The van der Waals surface area contributed by atoms with Crippen molar-refractivity contribution >= 4 is 18.3 Å². The summed E-state index contributed by atoms with van der Waals surface area (Å²) in [4.78, 5) is 14.7. The van der Waals surface area contributed by atoms with Crippen molar-refractivity contribution in [3.05, 3.63) is 0 Å². The molecule has 0 spiro atoms. The van der Waals surface area contributed by atoms with Gasteiger partial charge in [0.2, 0.25) is 5.91 Å². The van der Waals surface area contributed by atoms with Crippen LogP contribution in [0.3, 0.4) is 0 Å². The molecule has 1 atom stereocenters. The Hall–Kier alpha value is -0.280. The molecule has 19 heavy (non-hydrogen) atoms. The summed E-state index contributed by atoms with van der Waals surface area (Å²) in [5.74, 6) is 1.46. The highest BCUT2D eigenvalue weighted by Gasteiger charge is 2.28.